The Labute approximate surface area is 105 Å². The van der Waals surface area contributed by atoms with Crippen LogP contribution >= 0.6 is 15.9 Å². The van der Waals surface area contributed by atoms with Crippen molar-refractivity contribution in [1.82, 2.24) is 0 Å². The molecule has 1 rings (SSSR count). The molecule has 0 unspecified atom stereocenters. The molecular formula is C13H17BrO2. The van der Waals surface area contributed by atoms with E-state index in [0.29, 0.717) is 12.3 Å². The van der Waals surface area contributed by atoms with E-state index in [1.165, 1.54) is 5.56 Å². The summed E-state index contributed by atoms with van der Waals surface area (Å²) in [7, 11) is 1.65. The van der Waals surface area contributed by atoms with Crippen LogP contribution in [0.2, 0.25) is 0 Å². The third-order valence-corrected chi connectivity index (χ3v) is 3.13. The van der Waals surface area contributed by atoms with Gasteiger partial charge < -0.3 is 9.53 Å². The molecular weight excluding hydrogens is 268 g/mol. The second kappa shape index (κ2) is 6.04. The van der Waals surface area contributed by atoms with Gasteiger partial charge in [-0.2, -0.15) is 0 Å². The zero-order valence-corrected chi connectivity index (χ0v) is 11.5. The third kappa shape index (κ3) is 3.08. The predicted molar refractivity (Wildman–Crippen MR) is 69.2 cm³/mol. The Hall–Kier alpha value is -0.830. The molecule has 1 aromatic carbocycles. The molecule has 0 spiro atoms. The number of aryl methyl sites for hydroxylation is 1. The van der Waals surface area contributed by atoms with Crippen LogP contribution in [0.3, 0.4) is 0 Å². The standard InChI is InChI=1S/C13H17BrO2/c1-9(2)11-7-10(5-4-6-15)13(16-3)12(14)8-11/h6-9H,4-5H2,1-3H3. The fourth-order valence-corrected chi connectivity index (χ4v) is 2.32. The first-order chi connectivity index (χ1) is 7.60. The van der Waals surface area contributed by atoms with Crippen LogP contribution in [-0.2, 0) is 11.2 Å². The smallest absolute Gasteiger partial charge is 0.136 e. The highest BCUT2D eigenvalue weighted by atomic mass is 79.9. The van der Waals surface area contributed by atoms with Gasteiger partial charge in [0, 0.05) is 6.42 Å². The number of hydrogen-bond acceptors (Lipinski definition) is 2. The third-order valence-electron chi connectivity index (χ3n) is 2.55. The summed E-state index contributed by atoms with van der Waals surface area (Å²) in [6.07, 6.45) is 2.20. The molecule has 0 aromatic heterocycles. The number of rotatable bonds is 5. The summed E-state index contributed by atoms with van der Waals surface area (Å²) in [5.41, 5.74) is 2.35. The molecule has 0 fully saturated rings. The fourth-order valence-electron chi connectivity index (χ4n) is 1.64. The molecule has 16 heavy (non-hydrogen) atoms. The summed E-state index contributed by atoms with van der Waals surface area (Å²) in [6, 6.07) is 4.20. The average molecular weight is 285 g/mol. The molecule has 0 atom stereocenters. The first-order valence-corrected chi connectivity index (χ1v) is 6.19. The Bertz CT molecular complexity index is 372. The Morgan fingerprint density at radius 1 is 1.44 bits per heavy atom. The quantitative estimate of drug-likeness (QED) is 0.771. The number of halogens is 1. The van der Waals surface area contributed by atoms with Gasteiger partial charge in [-0.25, -0.2) is 0 Å². The Morgan fingerprint density at radius 3 is 2.62 bits per heavy atom. The number of ether oxygens (including phenoxy) is 1. The minimum atomic E-state index is 0.470. The van der Waals surface area contributed by atoms with Crippen LogP contribution in [0.25, 0.3) is 0 Å². The van der Waals surface area contributed by atoms with Crippen LogP contribution in [-0.4, -0.2) is 13.4 Å². The molecule has 0 aliphatic rings. The van der Waals surface area contributed by atoms with Crippen molar-refractivity contribution < 1.29 is 9.53 Å². The molecule has 0 amide bonds. The van der Waals surface area contributed by atoms with Gasteiger partial charge in [0.1, 0.15) is 12.0 Å². The zero-order chi connectivity index (χ0) is 12.1. The minimum Gasteiger partial charge on any atom is -0.495 e. The Morgan fingerprint density at radius 2 is 2.12 bits per heavy atom. The van der Waals surface area contributed by atoms with E-state index in [1.807, 2.05) is 0 Å². The lowest BCUT2D eigenvalue weighted by Gasteiger charge is -2.14. The fraction of sp³-hybridized carbons (Fsp3) is 0.462. The van der Waals surface area contributed by atoms with Gasteiger partial charge in [-0.1, -0.05) is 19.9 Å². The number of aldehydes is 1. The molecule has 0 heterocycles. The van der Waals surface area contributed by atoms with Gasteiger partial charge in [0.15, 0.2) is 0 Å². The molecule has 0 aliphatic heterocycles. The molecule has 0 N–H and O–H groups in total. The van der Waals surface area contributed by atoms with Gasteiger partial charge in [0.25, 0.3) is 0 Å². The monoisotopic (exact) mass is 284 g/mol. The van der Waals surface area contributed by atoms with E-state index in [4.69, 9.17) is 4.74 Å². The lowest BCUT2D eigenvalue weighted by atomic mass is 9.98. The predicted octanol–water partition coefficient (Wildman–Crippen LogP) is 3.71. The lowest BCUT2D eigenvalue weighted by Crippen LogP contribution is -1.98. The summed E-state index contributed by atoms with van der Waals surface area (Å²) in [5.74, 6) is 1.31. The highest BCUT2D eigenvalue weighted by molar-refractivity contribution is 9.10. The van der Waals surface area contributed by atoms with Gasteiger partial charge in [-0.05, 0) is 45.5 Å². The van der Waals surface area contributed by atoms with E-state index in [-0.39, 0.29) is 0 Å². The largest absolute Gasteiger partial charge is 0.495 e. The summed E-state index contributed by atoms with van der Waals surface area (Å²) in [4.78, 5) is 10.4. The highest BCUT2D eigenvalue weighted by Crippen LogP contribution is 2.33. The Balaban J connectivity index is 3.13. The van der Waals surface area contributed by atoms with Crippen molar-refractivity contribution in [3.8, 4) is 5.75 Å². The van der Waals surface area contributed by atoms with Crippen LogP contribution in [0.1, 0.15) is 37.3 Å². The lowest BCUT2D eigenvalue weighted by molar-refractivity contribution is -0.107. The van der Waals surface area contributed by atoms with Crippen molar-refractivity contribution in [2.75, 3.05) is 7.11 Å². The first kappa shape index (κ1) is 13.2. The summed E-state index contributed by atoms with van der Waals surface area (Å²) in [6.45, 7) is 4.30. The molecule has 0 saturated heterocycles. The average Bonchev–Trinajstić information content (AvgIpc) is 2.25. The summed E-state index contributed by atoms with van der Waals surface area (Å²) in [5, 5.41) is 0. The van der Waals surface area contributed by atoms with E-state index < -0.39 is 0 Å². The number of carbonyl (C=O) groups is 1. The van der Waals surface area contributed by atoms with Crippen LogP contribution < -0.4 is 4.74 Å². The van der Waals surface area contributed by atoms with Gasteiger partial charge in [-0.15, -0.1) is 0 Å². The van der Waals surface area contributed by atoms with Crippen LogP contribution in [0.15, 0.2) is 16.6 Å². The first-order valence-electron chi connectivity index (χ1n) is 5.40. The molecule has 1 aromatic rings. The summed E-state index contributed by atoms with van der Waals surface area (Å²) >= 11 is 3.51. The topological polar surface area (TPSA) is 26.3 Å². The van der Waals surface area contributed by atoms with Crippen molar-refractivity contribution in [1.29, 1.82) is 0 Å². The van der Waals surface area contributed by atoms with Crippen LogP contribution in [0, 0.1) is 0 Å². The zero-order valence-electron chi connectivity index (χ0n) is 9.92. The van der Waals surface area contributed by atoms with E-state index in [9.17, 15) is 4.79 Å². The minimum absolute atomic E-state index is 0.470. The SMILES string of the molecule is COc1c(Br)cc(C(C)C)cc1CCC=O. The maximum absolute atomic E-state index is 10.4. The second-order valence-electron chi connectivity index (χ2n) is 4.06. The maximum Gasteiger partial charge on any atom is 0.136 e. The number of hydrogen-bond donors (Lipinski definition) is 0. The molecule has 0 saturated carbocycles. The van der Waals surface area contributed by atoms with Crippen molar-refractivity contribution in [3.63, 3.8) is 0 Å². The van der Waals surface area contributed by atoms with Gasteiger partial charge >= 0.3 is 0 Å². The normalized spacial score (nSPS) is 10.6. The van der Waals surface area contributed by atoms with E-state index in [1.54, 1.807) is 7.11 Å². The van der Waals surface area contributed by atoms with Gasteiger partial charge in [0.05, 0.1) is 11.6 Å². The summed E-state index contributed by atoms with van der Waals surface area (Å²) < 4.78 is 6.31. The van der Waals surface area contributed by atoms with Crippen LogP contribution in [0.4, 0.5) is 0 Å². The molecule has 2 nitrogen and oxygen atoms in total. The van der Waals surface area contributed by atoms with Gasteiger partial charge in [-0.3, -0.25) is 0 Å². The second-order valence-corrected chi connectivity index (χ2v) is 4.91. The van der Waals surface area contributed by atoms with Crippen molar-refractivity contribution in [3.05, 3.63) is 27.7 Å². The van der Waals surface area contributed by atoms with E-state index in [2.05, 4.69) is 41.9 Å². The highest BCUT2D eigenvalue weighted by Gasteiger charge is 2.11. The van der Waals surface area contributed by atoms with Gasteiger partial charge in [0.2, 0.25) is 0 Å². The van der Waals surface area contributed by atoms with Crippen molar-refractivity contribution in [2.24, 2.45) is 0 Å². The van der Waals surface area contributed by atoms with E-state index in [0.717, 1.165) is 28.5 Å². The molecule has 3 heteroatoms. The maximum atomic E-state index is 10.4. The molecule has 0 bridgehead atoms. The molecule has 88 valence electrons. The van der Waals surface area contributed by atoms with Crippen LogP contribution in [0.5, 0.6) is 5.75 Å². The Kier molecular flexibility index (Phi) is 5.00. The van der Waals surface area contributed by atoms with Crippen molar-refractivity contribution in [2.45, 2.75) is 32.6 Å². The molecule has 0 aliphatic carbocycles. The number of carbonyl (C=O) groups excluding carboxylic acids is 1. The number of benzene rings is 1. The van der Waals surface area contributed by atoms with E-state index >= 15 is 0 Å². The number of methoxy groups -OCH3 is 1. The van der Waals surface area contributed by atoms with Crippen molar-refractivity contribution >= 4 is 22.2 Å². The molecule has 0 radical (unpaired) electrons.